The Balaban J connectivity index is 2.48. The number of para-hydroxylation sites is 1. The molecule has 4 N–H and O–H groups in total. The summed E-state index contributed by atoms with van der Waals surface area (Å²) in [6, 6.07) is 10.4. The average Bonchev–Trinajstić information content (AvgIpc) is 2.82. The number of phenolic OH excluding ortho intramolecular Hbond substituents is 1. The maximum Gasteiger partial charge on any atom is 0.408 e. The number of nitrogens with zero attached hydrogens (tertiary/aromatic N) is 1. The number of anilines is 1. The van der Waals surface area contributed by atoms with Gasteiger partial charge in [0.2, 0.25) is 5.91 Å². The first-order valence-corrected chi connectivity index (χ1v) is 12.0. The Hall–Kier alpha value is -3.79. The Morgan fingerprint density at radius 2 is 1.65 bits per heavy atom. The molecule has 0 aliphatic rings. The van der Waals surface area contributed by atoms with Crippen molar-refractivity contribution in [2.24, 2.45) is 5.92 Å². The maximum atomic E-state index is 13.8. The van der Waals surface area contributed by atoms with Crippen LogP contribution < -0.4 is 15.4 Å². The van der Waals surface area contributed by atoms with Crippen LogP contribution in [0.1, 0.15) is 46.2 Å². The van der Waals surface area contributed by atoms with Crippen molar-refractivity contribution in [3.63, 3.8) is 0 Å². The van der Waals surface area contributed by atoms with Crippen molar-refractivity contribution in [2.45, 2.75) is 52.3 Å². The molecular formula is C27H37N3O7. The van der Waals surface area contributed by atoms with E-state index in [4.69, 9.17) is 9.47 Å². The molecule has 0 saturated heterocycles. The van der Waals surface area contributed by atoms with E-state index in [1.54, 1.807) is 71.0 Å². The Morgan fingerprint density at radius 3 is 2.16 bits per heavy atom. The van der Waals surface area contributed by atoms with Gasteiger partial charge in [-0.25, -0.2) is 4.79 Å². The maximum absolute atomic E-state index is 13.8. The van der Waals surface area contributed by atoms with Gasteiger partial charge in [-0.1, -0.05) is 32.0 Å². The van der Waals surface area contributed by atoms with Crippen LogP contribution in [0.2, 0.25) is 0 Å². The number of amides is 3. The molecule has 2 aromatic carbocycles. The number of aromatic hydroxyl groups is 1. The highest BCUT2D eigenvalue weighted by atomic mass is 16.6. The average molecular weight is 516 g/mol. The quantitative estimate of drug-likeness (QED) is 0.380. The molecule has 37 heavy (non-hydrogen) atoms. The molecule has 10 heteroatoms. The summed E-state index contributed by atoms with van der Waals surface area (Å²) in [6.07, 6.45) is -0.787. The van der Waals surface area contributed by atoms with Gasteiger partial charge in [-0.3, -0.25) is 9.59 Å². The highest BCUT2D eigenvalue weighted by Gasteiger charge is 2.38. The van der Waals surface area contributed by atoms with Crippen molar-refractivity contribution in [1.29, 1.82) is 0 Å². The molecule has 0 aliphatic carbocycles. The molecule has 0 spiro atoms. The van der Waals surface area contributed by atoms with Gasteiger partial charge in [-0.2, -0.15) is 0 Å². The lowest BCUT2D eigenvalue weighted by Crippen LogP contribution is -2.55. The van der Waals surface area contributed by atoms with Crippen LogP contribution in [-0.2, 0) is 14.3 Å². The van der Waals surface area contributed by atoms with Crippen LogP contribution in [-0.4, -0.2) is 64.9 Å². The summed E-state index contributed by atoms with van der Waals surface area (Å²) >= 11 is 0. The first-order chi connectivity index (χ1) is 17.4. The largest absolute Gasteiger partial charge is 0.508 e. The number of rotatable bonds is 10. The summed E-state index contributed by atoms with van der Waals surface area (Å²) in [5.41, 5.74) is -0.180. The van der Waals surface area contributed by atoms with Gasteiger partial charge in [0.05, 0.1) is 13.7 Å². The van der Waals surface area contributed by atoms with Crippen molar-refractivity contribution in [3.05, 3.63) is 54.1 Å². The van der Waals surface area contributed by atoms with Gasteiger partial charge in [0.1, 0.15) is 29.2 Å². The third kappa shape index (κ3) is 8.38. The molecule has 0 aromatic heterocycles. The second-order valence-electron chi connectivity index (χ2n) is 9.80. The van der Waals surface area contributed by atoms with E-state index in [1.807, 2.05) is 0 Å². The Bertz CT molecular complexity index is 1060. The second kappa shape index (κ2) is 13.0. The zero-order valence-electron chi connectivity index (χ0n) is 22.1. The van der Waals surface area contributed by atoms with E-state index in [-0.39, 0.29) is 23.8 Å². The molecule has 2 atom stereocenters. The first kappa shape index (κ1) is 29.4. The van der Waals surface area contributed by atoms with E-state index in [1.165, 1.54) is 19.2 Å². The number of ether oxygens (including phenoxy) is 2. The molecule has 3 amide bonds. The van der Waals surface area contributed by atoms with Crippen LogP contribution in [0.25, 0.3) is 0 Å². The predicted octanol–water partition coefficient (Wildman–Crippen LogP) is 3.45. The van der Waals surface area contributed by atoms with Crippen LogP contribution in [0.3, 0.4) is 0 Å². The molecule has 0 saturated carbocycles. The number of nitrogens with one attached hydrogen (secondary N) is 2. The van der Waals surface area contributed by atoms with Gasteiger partial charge in [0.25, 0.3) is 5.91 Å². The number of aliphatic hydroxyl groups excluding tert-OH is 1. The topological polar surface area (TPSA) is 137 Å². The summed E-state index contributed by atoms with van der Waals surface area (Å²) < 4.78 is 10.5. The number of carbonyl (C=O) groups excluding carboxylic acids is 3. The molecule has 2 rings (SSSR count). The molecular weight excluding hydrogens is 478 g/mol. The van der Waals surface area contributed by atoms with Crippen LogP contribution in [0.15, 0.2) is 48.5 Å². The molecule has 2 unspecified atom stereocenters. The van der Waals surface area contributed by atoms with Gasteiger partial charge in [-0.15, -0.1) is 0 Å². The van der Waals surface area contributed by atoms with E-state index < -0.39 is 42.2 Å². The number of methoxy groups -OCH3 is 1. The minimum absolute atomic E-state index is 0.162. The van der Waals surface area contributed by atoms with Crippen LogP contribution >= 0.6 is 0 Å². The first-order valence-electron chi connectivity index (χ1n) is 12.0. The fourth-order valence-electron chi connectivity index (χ4n) is 3.66. The SMILES string of the molecule is COc1ccc(NC(=O)C(c2ccccc2O)N(CCO)C(=O)C(NC(=O)OC(C)(C)C)C(C)C)cc1. The fourth-order valence-corrected chi connectivity index (χ4v) is 3.66. The highest BCUT2D eigenvalue weighted by molar-refractivity contribution is 5.99. The van der Waals surface area contributed by atoms with Gasteiger partial charge in [0, 0.05) is 17.8 Å². The molecule has 0 fully saturated rings. The monoisotopic (exact) mass is 515 g/mol. The molecule has 0 aliphatic heterocycles. The third-order valence-corrected chi connectivity index (χ3v) is 5.38. The van der Waals surface area contributed by atoms with Gasteiger partial charge < -0.3 is 35.2 Å². The van der Waals surface area contributed by atoms with E-state index in [0.29, 0.717) is 11.4 Å². The Labute approximate surface area is 217 Å². The summed E-state index contributed by atoms with van der Waals surface area (Å²) in [7, 11) is 1.52. The number of hydrogen-bond donors (Lipinski definition) is 4. The van der Waals surface area contributed by atoms with Crippen molar-refractivity contribution >= 4 is 23.6 Å². The molecule has 202 valence electrons. The van der Waals surface area contributed by atoms with Crippen molar-refractivity contribution in [2.75, 3.05) is 25.6 Å². The summed E-state index contributed by atoms with van der Waals surface area (Å²) in [5.74, 6) is -1.22. The minimum Gasteiger partial charge on any atom is -0.508 e. The normalized spacial score (nSPS) is 12.9. The zero-order valence-corrected chi connectivity index (χ0v) is 22.1. The molecule has 0 bridgehead atoms. The highest BCUT2D eigenvalue weighted by Crippen LogP contribution is 2.31. The van der Waals surface area contributed by atoms with Crippen molar-refractivity contribution < 1.29 is 34.1 Å². The van der Waals surface area contributed by atoms with Crippen LogP contribution in [0.5, 0.6) is 11.5 Å². The fraction of sp³-hybridized carbons (Fsp3) is 0.444. The lowest BCUT2D eigenvalue weighted by atomic mass is 9.98. The molecule has 10 nitrogen and oxygen atoms in total. The predicted molar refractivity (Wildman–Crippen MR) is 139 cm³/mol. The molecule has 2 aromatic rings. The van der Waals surface area contributed by atoms with E-state index in [9.17, 15) is 24.6 Å². The lowest BCUT2D eigenvalue weighted by Gasteiger charge is -2.35. The lowest BCUT2D eigenvalue weighted by molar-refractivity contribution is -0.142. The third-order valence-electron chi connectivity index (χ3n) is 5.38. The van der Waals surface area contributed by atoms with E-state index in [0.717, 1.165) is 4.90 Å². The van der Waals surface area contributed by atoms with Crippen molar-refractivity contribution in [3.8, 4) is 11.5 Å². The smallest absolute Gasteiger partial charge is 0.408 e. The number of carbonyl (C=O) groups is 3. The number of aliphatic hydroxyl groups is 1. The number of alkyl carbamates (subject to hydrolysis) is 1. The number of benzene rings is 2. The number of phenols is 1. The zero-order chi connectivity index (χ0) is 27.8. The molecule has 0 heterocycles. The number of hydrogen-bond acceptors (Lipinski definition) is 7. The van der Waals surface area contributed by atoms with E-state index >= 15 is 0 Å². The summed E-state index contributed by atoms with van der Waals surface area (Å²) in [6.45, 7) is 7.90. The molecule has 0 radical (unpaired) electrons. The Kier molecular flexibility index (Phi) is 10.3. The summed E-state index contributed by atoms with van der Waals surface area (Å²) in [5, 5.41) is 25.8. The van der Waals surface area contributed by atoms with Gasteiger partial charge in [0.15, 0.2) is 0 Å². The van der Waals surface area contributed by atoms with E-state index in [2.05, 4.69) is 10.6 Å². The Morgan fingerprint density at radius 1 is 1.03 bits per heavy atom. The standard InChI is InChI=1S/C27H37N3O7/c1-17(2)22(29-26(35)37-27(3,4)5)25(34)30(15-16-31)23(20-9-7-8-10-21(20)32)24(33)28-18-11-13-19(36-6)14-12-18/h7-14,17,22-23,31-32H,15-16H2,1-6H3,(H,28,33)(H,29,35). The van der Waals surface area contributed by atoms with Crippen molar-refractivity contribution in [1.82, 2.24) is 10.2 Å². The van der Waals surface area contributed by atoms with Crippen LogP contribution in [0, 0.1) is 5.92 Å². The van der Waals surface area contributed by atoms with Crippen LogP contribution in [0.4, 0.5) is 10.5 Å². The second-order valence-corrected chi connectivity index (χ2v) is 9.80. The minimum atomic E-state index is -1.32. The van der Waals surface area contributed by atoms with Gasteiger partial charge in [-0.05, 0) is 57.0 Å². The summed E-state index contributed by atoms with van der Waals surface area (Å²) in [4.78, 5) is 41.1. The van der Waals surface area contributed by atoms with Gasteiger partial charge >= 0.3 is 6.09 Å².